The van der Waals surface area contributed by atoms with Crippen molar-refractivity contribution < 1.29 is 0 Å². The van der Waals surface area contributed by atoms with Gasteiger partial charge in [0.15, 0.2) is 0 Å². The molecular formula is C8H19NSi. The van der Waals surface area contributed by atoms with Crippen LogP contribution in [0.15, 0.2) is 4.99 Å². The highest BCUT2D eigenvalue weighted by Crippen LogP contribution is 2.05. The molecule has 0 atom stereocenters. The highest BCUT2D eigenvalue weighted by atomic mass is 28.3. The molecule has 0 radical (unpaired) electrons. The van der Waals surface area contributed by atoms with Crippen LogP contribution >= 0.6 is 0 Å². The van der Waals surface area contributed by atoms with Crippen molar-refractivity contribution in [1.82, 2.24) is 0 Å². The second kappa shape index (κ2) is 3.91. The Labute approximate surface area is 65.6 Å². The van der Waals surface area contributed by atoms with Crippen molar-refractivity contribution >= 4 is 14.3 Å². The van der Waals surface area contributed by atoms with Gasteiger partial charge in [-0.1, -0.05) is 19.6 Å². The first-order valence-electron chi connectivity index (χ1n) is 3.93. The van der Waals surface area contributed by atoms with Crippen LogP contribution in [0.3, 0.4) is 0 Å². The van der Waals surface area contributed by atoms with Crippen LogP contribution in [0, 0.1) is 0 Å². The zero-order chi connectivity index (χ0) is 8.20. The average Bonchev–Trinajstić information content (AvgIpc) is 1.59. The summed E-state index contributed by atoms with van der Waals surface area (Å²) >= 11 is 0. The molecule has 0 aromatic heterocycles. The van der Waals surface area contributed by atoms with Crippen LogP contribution in [0.1, 0.15) is 13.8 Å². The molecule has 1 nitrogen and oxygen atoms in total. The minimum Gasteiger partial charge on any atom is -0.295 e. The summed E-state index contributed by atoms with van der Waals surface area (Å²) in [4.78, 5) is 4.32. The second-order valence-electron chi connectivity index (χ2n) is 4.19. The van der Waals surface area contributed by atoms with Crippen molar-refractivity contribution in [1.29, 1.82) is 0 Å². The van der Waals surface area contributed by atoms with E-state index in [1.807, 2.05) is 0 Å². The first-order valence-corrected chi connectivity index (χ1v) is 7.64. The number of nitrogens with zero attached hydrogens (tertiary/aromatic N) is 1. The van der Waals surface area contributed by atoms with Crippen LogP contribution in [0.5, 0.6) is 0 Å². The number of hydrogen-bond donors (Lipinski definition) is 0. The Morgan fingerprint density at radius 1 is 1.30 bits per heavy atom. The standard InChI is InChI=1S/C8H19NSi/c1-8(2)9-6-7-10(3,4)5/h6,8H,7H2,1-5H3. The monoisotopic (exact) mass is 157 g/mol. The van der Waals surface area contributed by atoms with Crippen LogP contribution in [0.25, 0.3) is 0 Å². The molecule has 0 spiro atoms. The third-order valence-electron chi connectivity index (χ3n) is 1.11. The molecule has 0 amide bonds. The fourth-order valence-corrected chi connectivity index (χ4v) is 1.19. The Bertz CT molecular complexity index is 111. The summed E-state index contributed by atoms with van der Waals surface area (Å²) in [7, 11) is -0.873. The van der Waals surface area contributed by atoms with E-state index < -0.39 is 8.07 Å². The maximum absolute atomic E-state index is 4.32. The van der Waals surface area contributed by atoms with Gasteiger partial charge in [0.1, 0.15) is 0 Å². The van der Waals surface area contributed by atoms with Crippen LogP contribution in [-0.4, -0.2) is 20.3 Å². The van der Waals surface area contributed by atoms with Crippen molar-refractivity contribution in [3.8, 4) is 0 Å². The molecule has 0 fully saturated rings. The van der Waals surface area contributed by atoms with E-state index in [1.54, 1.807) is 0 Å². The van der Waals surface area contributed by atoms with E-state index in [1.165, 1.54) is 6.04 Å². The zero-order valence-corrected chi connectivity index (χ0v) is 8.81. The molecule has 0 bridgehead atoms. The summed E-state index contributed by atoms with van der Waals surface area (Å²) in [5.74, 6) is 0. The van der Waals surface area contributed by atoms with E-state index in [0.717, 1.165) is 0 Å². The van der Waals surface area contributed by atoms with Crippen LogP contribution in [0.4, 0.5) is 0 Å². The first-order chi connectivity index (χ1) is 4.42. The molecule has 0 saturated carbocycles. The van der Waals surface area contributed by atoms with Crippen LogP contribution in [0.2, 0.25) is 25.7 Å². The summed E-state index contributed by atoms with van der Waals surface area (Å²) in [5.41, 5.74) is 0. The maximum Gasteiger partial charge on any atom is 0.0498 e. The van der Waals surface area contributed by atoms with Crippen molar-refractivity contribution in [3.05, 3.63) is 0 Å². The van der Waals surface area contributed by atoms with Gasteiger partial charge in [-0.25, -0.2) is 0 Å². The van der Waals surface area contributed by atoms with E-state index in [0.29, 0.717) is 6.04 Å². The van der Waals surface area contributed by atoms with Crippen molar-refractivity contribution in [2.24, 2.45) is 4.99 Å². The van der Waals surface area contributed by atoms with Gasteiger partial charge < -0.3 is 0 Å². The van der Waals surface area contributed by atoms with Gasteiger partial charge in [-0.15, -0.1) is 0 Å². The molecule has 0 saturated heterocycles. The Hall–Kier alpha value is -0.113. The van der Waals surface area contributed by atoms with Crippen LogP contribution < -0.4 is 0 Å². The molecule has 0 aliphatic carbocycles. The third kappa shape index (κ3) is 7.89. The summed E-state index contributed by atoms with van der Waals surface area (Å²) in [6, 6.07) is 1.68. The van der Waals surface area contributed by atoms with Crippen LogP contribution in [-0.2, 0) is 0 Å². The lowest BCUT2D eigenvalue weighted by Crippen LogP contribution is -2.19. The van der Waals surface area contributed by atoms with E-state index in [2.05, 4.69) is 44.7 Å². The molecule has 0 N–H and O–H groups in total. The Kier molecular flexibility index (Phi) is 3.87. The highest BCUT2D eigenvalue weighted by Gasteiger charge is 2.09. The van der Waals surface area contributed by atoms with Gasteiger partial charge in [0.2, 0.25) is 0 Å². The summed E-state index contributed by atoms with van der Waals surface area (Å²) in [5, 5.41) is 0. The fraction of sp³-hybridized carbons (Fsp3) is 0.875. The average molecular weight is 157 g/mol. The molecule has 0 aromatic carbocycles. The summed E-state index contributed by atoms with van der Waals surface area (Å²) < 4.78 is 0. The minimum absolute atomic E-state index is 0.469. The molecule has 0 aromatic rings. The van der Waals surface area contributed by atoms with Gasteiger partial charge in [-0.2, -0.15) is 0 Å². The van der Waals surface area contributed by atoms with E-state index in [9.17, 15) is 0 Å². The molecular weight excluding hydrogens is 138 g/mol. The zero-order valence-electron chi connectivity index (χ0n) is 7.81. The Morgan fingerprint density at radius 2 is 1.80 bits per heavy atom. The number of aliphatic imine (C=N–C) groups is 1. The van der Waals surface area contributed by atoms with Crippen molar-refractivity contribution in [2.75, 3.05) is 0 Å². The van der Waals surface area contributed by atoms with Gasteiger partial charge in [-0.3, -0.25) is 4.99 Å². The topological polar surface area (TPSA) is 12.4 Å². The lowest BCUT2D eigenvalue weighted by atomic mass is 10.4. The van der Waals surface area contributed by atoms with Gasteiger partial charge in [-0.05, 0) is 26.1 Å². The normalized spacial score (nSPS) is 13.4. The summed E-state index contributed by atoms with van der Waals surface area (Å²) in [6.07, 6.45) is 2.09. The molecule has 0 aliphatic rings. The second-order valence-corrected chi connectivity index (χ2v) is 9.72. The van der Waals surface area contributed by atoms with Gasteiger partial charge >= 0.3 is 0 Å². The summed E-state index contributed by atoms with van der Waals surface area (Å²) in [6.45, 7) is 11.3. The minimum atomic E-state index is -0.873. The third-order valence-corrected chi connectivity index (χ3v) is 2.51. The van der Waals surface area contributed by atoms with E-state index in [4.69, 9.17) is 0 Å². The predicted octanol–water partition coefficient (Wildman–Crippen LogP) is 2.80. The molecule has 60 valence electrons. The molecule has 2 heteroatoms. The quantitative estimate of drug-likeness (QED) is 0.441. The van der Waals surface area contributed by atoms with Crippen molar-refractivity contribution in [2.45, 2.75) is 45.6 Å². The lowest BCUT2D eigenvalue weighted by molar-refractivity contribution is 0.840. The van der Waals surface area contributed by atoms with Gasteiger partial charge in [0, 0.05) is 14.1 Å². The number of rotatable bonds is 3. The Morgan fingerprint density at radius 3 is 2.10 bits per heavy atom. The van der Waals surface area contributed by atoms with Crippen molar-refractivity contribution in [3.63, 3.8) is 0 Å². The lowest BCUT2D eigenvalue weighted by Gasteiger charge is -2.11. The van der Waals surface area contributed by atoms with Gasteiger partial charge in [0.25, 0.3) is 0 Å². The molecule has 10 heavy (non-hydrogen) atoms. The SMILES string of the molecule is CC(C)N=CC[Si](C)(C)C. The molecule has 0 heterocycles. The smallest absolute Gasteiger partial charge is 0.0498 e. The Balaban J connectivity index is 3.54. The maximum atomic E-state index is 4.32. The van der Waals surface area contributed by atoms with E-state index in [-0.39, 0.29) is 0 Å². The first kappa shape index (κ1) is 9.89. The largest absolute Gasteiger partial charge is 0.295 e. The van der Waals surface area contributed by atoms with Gasteiger partial charge in [0.05, 0.1) is 0 Å². The molecule has 0 unspecified atom stereocenters. The predicted molar refractivity (Wildman–Crippen MR) is 51.8 cm³/mol. The van der Waals surface area contributed by atoms with E-state index >= 15 is 0 Å². The molecule has 0 rings (SSSR count). The molecule has 0 aliphatic heterocycles. The highest BCUT2D eigenvalue weighted by molar-refractivity contribution is 6.78. The number of hydrogen-bond acceptors (Lipinski definition) is 1. The fourth-order valence-electron chi connectivity index (χ4n) is 0.537.